The summed E-state index contributed by atoms with van der Waals surface area (Å²) in [6.45, 7) is 6.50. The third-order valence-corrected chi connectivity index (χ3v) is 3.99. The first kappa shape index (κ1) is 12.9. The molecule has 1 amide bonds. The van der Waals surface area contributed by atoms with Crippen LogP contribution in [0.15, 0.2) is 23.1 Å². The van der Waals surface area contributed by atoms with Crippen LogP contribution in [0, 0.1) is 5.92 Å². The number of primary amides is 1. The predicted molar refractivity (Wildman–Crippen MR) is 69.5 cm³/mol. The van der Waals surface area contributed by atoms with Crippen molar-refractivity contribution in [2.75, 3.05) is 5.73 Å². The van der Waals surface area contributed by atoms with Crippen LogP contribution in [0.5, 0.6) is 0 Å². The summed E-state index contributed by atoms with van der Waals surface area (Å²) < 4.78 is 0. The fraction of sp³-hybridized carbons (Fsp3) is 0.417. The molecule has 88 valence electrons. The predicted octanol–water partition coefficient (Wildman–Crippen LogP) is 2.50. The Morgan fingerprint density at radius 3 is 2.44 bits per heavy atom. The largest absolute Gasteiger partial charge is 0.398 e. The van der Waals surface area contributed by atoms with Crippen LogP contribution in [0.4, 0.5) is 5.69 Å². The van der Waals surface area contributed by atoms with Crippen LogP contribution in [0.25, 0.3) is 0 Å². The second-order valence-corrected chi connectivity index (χ2v) is 5.63. The normalized spacial score (nSPS) is 12.8. The van der Waals surface area contributed by atoms with Crippen LogP contribution in [0.1, 0.15) is 31.1 Å². The minimum absolute atomic E-state index is 0.404. The molecule has 16 heavy (non-hydrogen) atoms. The van der Waals surface area contributed by atoms with Crippen LogP contribution >= 0.6 is 11.8 Å². The van der Waals surface area contributed by atoms with Gasteiger partial charge in [-0.2, -0.15) is 0 Å². The zero-order chi connectivity index (χ0) is 12.3. The zero-order valence-electron chi connectivity index (χ0n) is 9.86. The quantitative estimate of drug-likeness (QED) is 0.625. The molecule has 3 nitrogen and oxygen atoms in total. The highest BCUT2D eigenvalue weighted by Gasteiger charge is 2.11. The Kier molecular flexibility index (Phi) is 4.24. The lowest BCUT2D eigenvalue weighted by Crippen LogP contribution is -2.13. The molecule has 0 aliphatic carbocycles. The van der Waals surface area contributed by atoms with E-state index in [9.17, 15) is 4.79 Å². The van der Waals surface area contributed by atoms with E-state index >= 15 is 0 Å². The van der Waals surface area contributed by atoms with Crippen molar-refractivity contribution >= 4 is 23.4 Å². The van der Waals surface area contributed by atoms with Crippen molar-refractivity contribution in [1.29, 1.82) is 0 Å². The Bertz CT molecular complexity index is 391. The van der Waals surface area contributed by atoms with Crippen molar-refractivity contribution in [3.05, 3.63) is 23.8 Å². The van der Waals surface area contributed by atoms with Crippen molar-refractivity contribution < 1.29 is 4.79 Å². The number of carbonyl (C=O) groups excluding carboxylic acids is 1. The summed E-state index contributed by atoms with van der Waals surface area (Å²) in [5.74, 6) is 0.108. The molecule has 4 N–H and O–H groups in total. The van der Waals surface area contributed by atoms with Crippen molar-refractivity contribution in [2.24, 2.45) is 11.7 Å². The number of carbonyl (C=O) groups is 1. The first-order valence-electron chi connectivity index (χ1n) is 5.27. The molecular weight excluding hydrogens is 220 g/mol. The molecule has 0 fully saturated rings. The van der Waals surface area contributed by atoms with Crippen LogP contribution in [-0.2, 0) is 0 Å². The summed E-state index contributed by atoms with van der Waals surface area (Å²) in [6, 6.07) is 5.42. The molecule has 1 aromatic rings. The maximum atomic E-state index is 11.1. The minimum Gasteiger partial charge on any atom is -0.398 e. The SMILES string of the molecule is CC(C)C(C)Sc1ccc(N)c(C(N)=O)c1. The lowest BCUT2D eigenvalue weighted by atomic mass is 10.1. The second kappa shape index (κ2) is 5.25. The number of hydrogen-bond donors (Lipinski definition) is 2. The van der Waals surface area contributed by atoms with Gasteiger partial charge in [0.25, 0.3) is 5.91 Å². The second-order valence-electron chi connectivity index (χ2n) is 4.18. The Morgan fingerprint density at radius 1 is 1.31 bits per heavy atom. The molecule has 1 unspecified atom stereocenters. The first-order valence-corrected chi connectivity index (χ1v) is 6.15. The number of nitrogens with two attached hydrogens (primary N) is 2. The van der Waals surface area contributed by atoms with Crippen LogP contribution < -0.4 is 11.5 Å². The minimum atomic E-state index is -0.475. The van der Waals surface area contributed by atoms with Gasteiger partial charge >= 0.3 is 0 Å². The topological polar surface area (TPSA) is 69.1 Å². The molecule has 0 radical (unpaired) electrons. The van der Waals surface area contributed by atoms with Crippen molar-refractivity contribution in [3.63, 3.8) is 0 Å². The summed E-state index contributed by atoms with van der Waals surface area (Å²) in [5.41, 5.74) is 11.8. The van der Waals surface area contributed by atoms with Crippen molar-refractivity contribution in [3.8, 4) is 0 Å². The fourth-order valence-corrected chi connectivity index (χ4v) is 2.21. The molecule has 1 atom stereocenters. The van der Waals surface area contributed by atoms with Gasteiger partial charge in [-0.05, 0) is 24.1 Å². The van der Waals surface area contributed by atoms with Gasteiger partial charge in [-0.3, -0.25) is 4.79 Å². The van der Waals surface area contributed by atoms with E-state index in [4.69, 9.17) is 11.5 Å². The number of rotatable bonds is 4. The standard InChI is InChI=1S/C12H18N2OS/c1-7(2)8(3)16-9-4-5-11(13)10(6-9)12(14)15/h4-8H,13H2,1-3H3,(H2,14,15). The molecule has 0 aliphatic rings. The Hall–Kier alpha value is -1.16. The summed E-state index contributed by atoms with van der Waals surface area (Å²) in [5, 5.41) is 0.490. The van der Waals surface area contributed by atoms with E-state index in [-0.39, 0.29) is 0 Å². The maximum absolute atomic E-state index is 11.1. The average Bonchev–Trinajstić information content (AvgIpc) is 2.20. The molecule has 1 rings (SSSR count). The van der Waals surface area contributed by atoms with Gasteiger partial charge in [-0.15, -0.1) is 11.8 Å². The summed E-state index contributed by atoms with van der Waals surface area (Å²) in [4.78, 5) is 12.2. The number of hydrogen-bond acceptors (Lipinski definition) is 3. The van der Waals surface area contributed by atoms with Gasteiger partial charge in [-0.1, -0.05) is 20.8 Å². The lowest BCUT2D eigenvalue weighted by Gasteiger charge is -2.15. The average molecular weight is 238 g/mol. The Morgan fingerprint density at radius 2 is 1.94 bits per heavy atom. The van der Waals surface area contributed by atoms with Gasteiger partial charge < -0.3 is 11.5 Å². The highest BCUT2D eigenvalue weighted by Crippen LogP contribution is 2.29. The fourth-order valence-electron chi connectivity index (χ4n) is 1.17. The van der Waals surface area contributed by atoms with Gasteiger partial charge in [0.15, 0.2) is 0 Å². The van der Waals surface area contributed by atoms with Crippen molar-refractivity contribution in [2.45, 2.75) is 30.9 Å². The molecule has 0 saturated heterocycles. The molecular formula is C12H18N2OS. The van der Waals surface area contributed by atoms with E-state index in [0.29, 0.717) is 22.4 Å². The van der Waals surface area contributed by atoms with Gasteiger partial charge in [0.1, 0.15) is 0 Å². The van der Waals surface area contributed by atoms with E-state index in [1.54, 1.807) is 23.9 Å². The summed E-state index contributed by atoms with van der Waals surface area (Å²) in [6.07, 6.45) is 0. The summed E-state index contributed by atoms with van der Waals surface area (Å²) >= 11 is 1.73. The number of benzene rings is 1. The third kappa shape index (κ3) is 3.17. The maximum Gasteiger partial charge on any atom is 0.250 e. The Labute approximate surface area is 101 Å². The van der Waals surface area contributed by atoms with Crippen molar-refractivity contribution in [1.82, 2.24) is 0 Å². The van der Waals surface area contributed by atoms with Gasteiger partial charge in [0.05, 0.1) is 5.56 Å². The number of anilines is 1. The monoisotopic (exact) mass is 238 g/mol. The molecule has 0 saturated carbocycles. The molecule has 1 aromatic carbocycles. The number of amides is 1. The van der Waals surface area contributed by atoms with Crippen LogP contribution in [0.2, 0.25) is 0 Å². The molecule has 0 heterocycles. The molecule has 0 aliphatic heterocycles. The van der Waals surface area contributed by atoms with E-state index in [1.807, 2.05) is 6.07 Å². The molecule has 0 spiro atoms. The highest BCUT2D eigenvalue weighted by molar-refractivity contribution is 8.00. The van der Waals surface area contributed by atoms with E-state index in [0.717, 1.165) is 4.90 Å². The first-order chi connectivity index (χ1) is 7.41. The molecule has 0 bridgehead atoms. The number of nitrogen functional groups attached to an aromatic ring is 1. The van der Waals surface area contributed by atoms with E-state index in [1.165, 1.54) is 0 Å². The lowest BCUT2D eigenvalue weighted by molar-refractivity contribution is 0.100. The van der Waals surface area contributed by atoms with Crippen LogP contribution in [-0.4, -0.2) is 11.2 Å². The third-order valence-electron chi connectivity index (χ3n) is 2.55. The van der Waals surface area contributed by atoms with Crippen LogP contribution in [0.3, 0.4) is 0 Å². The van der Waals surface area contributed by atoms with E-state index in [2.05, 4.69) is 20.8 Å². The van der Waals surface area contributed by atoms with Gasteiger partial charge in [-0.25, -0.2) is 0 Å². The van der Waals surface area contributed by atoms with Gasteiger partial charge in [0.2, 0.25) is 0 Å². The highest BCUT2D eigenvalue weighted by atomic mass is 32.2. The van der Waals surface area contributed by atoms with E-state index < -0.39 is 5.91 Å². The summed E-state index contributed by atoms with van der Waals surface area (Å²) in [7, 11) is 0. The zero-order valence-corrected chi connectivity index (χ0v) is 10.7. The van der Waals surface area contributed by atoms with Gasteiger partial charge in [0, 0.05) is 15.8 Å². The molecule has 4 heteroatoms. The Balaban J connectivity index is 2.91. The molecule has 0 aromatic heterocycles. The smallest absolute Gasteiger partial charge is 0.250 e. The number of thioether (sulfide) groups is 1.